The van der Waals surface area contributed by atoms with Gasteiger partial charge in [-0.25, -0.2) is 14.5 Å². The molecule has 3 amide bonds. The van der Waals surface area contributed by atoms with Gasteiger partial charge in [0.1, 0.15) is 12.1 Å². The van der Waals surface area contributed by atoms with Gasteiger partial charge >= 0.3 is 12.4 Å². The molecule has 232 valence electrons. The predicted octanol–water partition coefficient (Wildman–Crippen LogP) is 6.66. The van der Waals surface area contributed by atoms with E-state index in [1.54, 1.807) is 4.90 Å². The monoisotopic (exact) mass is 634 g/mol. The fourth-order valence-corrected chi connectivity index (χ4v) is 6.28. The molecule has 1 unspecified atom stereocenters. The molecule has 1 aromatic heterocycles. The van der Waals surface area contributed by atoms with Crippen LogP contribution in [0.3, 0.4) is 0 Å². The van der Waals surface area contributed by atoms with Gasteiger partial charge in [-0.1, -0.05) is 55.1 Å². The molecule has 9 nitrogen and oxygen atoms in total. The molecule has 1 fully saturated rings. The number of thioether (sulfide) groups is 1. The Balaban J connectivity index is 1.07. The molecule has 1 saturated heterocycles. The molecule has 0 bridgehead atoms. The maximum absolute atomic E-state index is 12.8. The Morgan fingerprint density at radius 1 is 1.07 bits per heavy atom. The lowest BCUT2D eigenvalue weighted by Gasteiger charge is -2.24. The number of nitrogens with zero attached hydrogens (tertiary/aromatic N) is 5. The number of carbonyl (C=O) groups is 2. The van der Waals surface area contributed by atoms with E-state index < -0.39 is 12.4 Å². The van der Waals surface area contributed by atoms with Crippen molar-refractivity contribution in [3.63, 3.8) is 0 Å². The van der Waals surface area contributed by atoms with Crippen molar-refractivity contribution < 1.29 is 27.5 Å². The first kappa shape index (κ1) is 30.4. The lowest BCUT2D eigenvalue weighted by Crippen LogP contribution is -2.33. The third kappa shape index (κ3) is 7.03. The molecule has 0 radical (unpaired) electrons. The van der Waals surface area contributed by atoms with Crippen LogP contribution >= 0.6 is 11.8 Å². The number of aromatic nitrogens is 3. The van der Waals surface area contributed by atoms with Crippen LogP contribution < -0.4 is 15.0 Å². The number of amides is 3. The second-order valence-electron chi connectivity index (χ2n) is 10.8. The van der Waals surface area contributed by atoms with Crippen molar-refractivity contribution in [3.8, 4) is 22.8 Å². The van der Waals surface area contributed by atoms with Crippen LogP contribution in [-0.2, 0) is 17.6 Å². The SMILES string of the molecule is CC(CNC(=O)N=C1SCC(=O)N1c1cccc2c1CCCC2)c1ccc(-c2ncn(-c3ccc(OC(F)(F)F)cc3)n2)cc1. The number of halogens is 3. The number of benzene rings is 3. The molecule has 4 aromatic rings. The van der Waals surface area contributed by atoms with Gasteiger partial charge in [0, 0.05) is 12.1 Å². The van der Waals surface area contributed by atoms with Crippen LogP contribution in [0, 0.1) is 0 Å². The van der Waals surface area contributed by atoms with E-state index in [-0.39, 0.29) is 23.3 Å². The molecular formula is C32H29F3N6O3S. The normalized spacial score (nSPS) is 16.5. The highest BCUT2D eigenvalue weighted by Crippen LogP contribution is 2.35. The van der Waals surface area contributed by atoms with Gasteiger partial charge in [-0.15, -0.1) is 18.3 Å². The van der Waals surface area contributed by atoms with E-state index in [4.69, 9.17) is 0 Å². The number of hydrogen-bond acceptors (Lipinski definition) is 6. The van der Waals surface area contributed by atoms with Crippen LogP contribution in [0.15, 0.2) is 78.0 Å². The number of hydrogen-bond donors (Lipinski definition) is 1. The summed E-state index contributed by atoms with van der Waals surface area (Å²) in [6.45, 7) is 2.33. The van der Waals surface area contributed by atoms with Gasteiger partial charge in [0.15, 0.2) is 11.0 Å². The minimum absolute atomic E-state index is 0.0266. The van der Waals surface area contributed by atoms with Gasteiger partial charge in [-0.3, -0.25) is 9.69 Å². The highest BCUT2D eigenvalue weighted by molar-refractivity contribution is 8.15. The van der Waals surface area contributed by atoms with Gasteiger partial charge in [0.25, 0.3) is 0 Å². The maximum Gasteiger partial charge on any atom is 0.573 e. The fourth-order valence-electron chi connectivity index (χ4n) is 5.42. The standard InChI is InChI=1S/C32H29F3N6O3S/c1-20(17-36-30(43)38-31-41(28(42)18-45-31)27-8-4-6-22-5-2-3-7-26(22)27)21-9-11-23(12-10-21)29-37-19-40(39-29)24-13-15-25(16-14-24)44-32(33,34)35/h4,6,8-16,19-20H,2-3,5,7,17-18H2,1H3,(H,36,43). The Hall–Kier alpha value is -4.65. The molecule has 2 aliphatic rings. The summed E-state index contributed by atoms with van der Waals surface area (Å²) in [7, 11) is 0. The summed E-state index contributed by atoms with van der Waals surface area (Å²) >= 11 is 1.27. The molecule has 3 aromatic carbocycles. The second-order valence-corrected chi connectivity index (χ2v) is 11.7. The number of fused-ring (bicyclic) bond motifs is 1. The second kappa shape index (κ2) is 12.8. The molecule has 1 aliphatic carbocycles. The summed E-state index contributed by atoms with van der Waals surface area (Å²) in [5.74, 6) is 0.268. The zero-order valence-electron chi connectivity index (χ0n) is 24.3. The van der Waals surface area contributed by atoms with E-state index in [1.807, 2.05) is 43.3 Å². The van der Waals surface area contributed by atoms with E-state index in [1.165, 1.54) is 58.2 Å². The molecular weight excluding hydrogens is 605 g/mol. The number of alkyl halides is 3. The number of rotatable bonds is 7. The Kier molecular flexibility index (Phi) is 8.61. The van der Waals surface area contributed by atoms with Crippen molar-refractivity contribution in [2.45, 2.75) is 44.9 Å². The van der Waals surface area contributed by atoms with Crippen LogP contribution in [0.5, 0.6) is 5.75 Å². The van der Waals surface area contributed by atoms with Crippen LogP contribution in [0.4, 0.5) is 23.7 Å². The molecule has 2 heterocycles. The first-order valence-corrected chi connectivity index (χ1v) is 15.4. The van der Waals surface area contributed by atoms with Crippen molar-refractivity contribution >= 4 is 34.6 Å². The molecule has 1 atom stereocenters. The first-order valence-electron chi connectivity index (χ1n) is 14.5. The van der Waals surface area contributed by atoms with Crippen molar-refractivity contribution in [3.05, 3.63) is 89.7 Å². The Morgan fingerprint density at radius 2 is 1.82 bits per heavy atom. The summed E-state index contributed by atoms with van der Waals surface area (Å²) in [4.78, 5) is 35.8. The first-order chi connectivity index (χ1) is 21.6. The van der Waals surface area contributed by atoms with E-state index in [9.17, 15) is 22.8 Å². The van der Waals surface area contributed by atoms with E-state index in [2.05, 4.69) is 31.2 Å². The average Bonchev–Trinajstić information content (AvgIpc) is 3.66. The summed E-state index contributed by atoms with van der Waals surface area (Å²) in [6.07, 6.45) is 0.831. The quantitative estimate of drug-likeness (QED) is 0.244. The van der Waals surface area contributed by atoms with Crippen LogP contribution in [-0.4, -0.2) is 50.5 Å². The number of urea groups is 1. The minimum Gasteiger partial charge on any atom is -0.406 e. The highest BCUT2D eigenvalue weighted by Gasteiger charge is 2.33. The van der Waals surface area contributed by atoms with Crippen molar-refractivity contribution in [1.29, 1.82) is 0 Å². The number of nitrogens with one attached hydrogen (secondary N) is 1. The van der Waals surface area contributed by atoms with E-state index in [0.29, 0.717) is 23.2 Å². The van der Waals surface area contributed by atoms with Crippen molar-refractivity contribution in [2.24, 2.45) is 4.99 Å². The number of ether oxygens (including phenoxy) is 1. The molecule has 6 rings (SSSR count). The van der Waals surface area contributed by atoms with E-state index in [0.717, 1.165) is 42.5 Å². The molecule has 1 aliphatic heterocycles. The summed E-state index contributed by atoms with van der Waals surface area (Å²) in [5.41, 5.74) is 5.51. The number of carbonyl (C=O) groups excluding carboxylic acids is 2. The van der Waals surface area contributed by atoms with Gasteiger partial charge < -0.3 is 10.1 Å². The van der Waals surface area contributed by atoms with Crippen molar-refractivity contribution in [2.75, 3.05) is 17.2 Å². The third-order valence-electron chi connectivity index (χ3n) is 7.70. The Labute approximate surface area is 261 Å². The third-order valence-corrected chi connectivity index (χ3v) is 8.62. The Bertz CT molecular complexity index is 1740. The van der Waals surface area contributed by atoms with Crippen LogP contribution in [0.2, 0.25) is 0 Å². The Morgan fingerprint density at radius 3 is 2.58 bits per heavy atom. The van der Waals surface area contributed by atoms with Gasteiger partial charge in [-0.2, -0.15) is 4.99 Å². The lowest BCUT2D eigenvalue weighted by molar-refractivity contribution is -0.274. The largest absolute Gasteiger partial charge is 0.573 e. The average molecular weight is 635 g/mol. The van der Waals surface area contributed by atoms with Gasteiger partial charge in [0.2, 0.25) is 5.91 Å². The molecule has 0 saturated carbocycles. The molecule has 0 spiro atoms. The summed E-state index contributed by atoms with van der Waals surface area (Å²) in [5, 5.41) is 7.69. The maximum atomic E-state index is 12.8. The van der Waals surface area contributed by atoms with E-state index >= 15 is 0 Å². The zero-order valence-corrected chi connectivity index (χ0v) is 25.1. The number of anilines is 1. The van der Waals surface area contributed by atoms with Crippen molar-refractivity contribution in [1.82, 2.24) is 20.1 Å². The minimum atomic E-state index is -4.76. The van der Waals surface area contributed by atoms with Crippen LogP contribution in [0.25, 0.3) is 17.1 Å². The highest BCUT2D eigenvalue weighted by atomic mass is 32.2. The van der Waals surface area contributed by atoms with Crippen LogP contribution in [0.1, 0.15) is 42.4 Å². The number of aliphatic imine (C=N–C) groups is 1. The van der Waals surface area contributed by atoms with Gasteiger partial charge in [0.05, 0.1) is 17.1 Å². The number of aryl methyl sites for hydroxylation is 1. The molecule has 13 heteroatoms. The fraction of sp³-hybridized carbons (Fsp3) is 0.281. The molecule has 1 N–H and O–H groups in total. The summed E-state index contributed by atoms with van der Waals surface area (Å²) < 4.78 is 42.6. The smallest absolute Gasteiger partial charge is 0.406 e. The van der Waals surface area contributed by atoms with Gasteiger partial charge in [-0.05, 0) is 78.6 Å². The lowest BCUT2D eigenvalue weighted by atomic mass is 9.90. The zero-order chi connectivity index (χ0) is 31.6. The predicted molar refractivity (Wildman–Crippen MR) is 166 cm³/mol. The summed E-state index contributed by atoms with van der Waals surface area (Å²) in [6, 6.07) is 18.4. The molecule has 45 heavy (non-hydrogen) atoms. The number of amidine groups is 1. The topological polar surface area (TPSA) is 102 Å².